The van der Waals surface area contributed by atoms with Gasteiger partial charge in [0.25, 0.3) is 5.91 Å². The monoisotopic (exact) mass is 294 g/mol. The molecular weight excluding hydrogens is 268 g/mol. The van der Waals surface area contributed by atoms with Gasteiger partial charge < -0.3 is 19.7 Å². The molecule has 0 bridgehead atoms. The van der Waals surface area contributed by atoms with Crippen molar-refractivity contribution in [3.05, 3.63) is 23.8 Å². The van der Waals surface area contributed by atoms with Crippen LogP contribution < -0.4 is 14.8 Å². The minimum absolute atomic E-state index is 0.132. The van der Waals surface area contributed by atoms with E-state index in [1.54, 1.807) is 32.4 Å². The lowest BCUT2D eigenvalue weighted by Crippen LogP contribution is -2.37. The van der Waals surface area contributed by atoms with E-state index in [1.165, 1.54) is 0 Å². The van der Waals surface area contributed by atoms with Crippen LogP contribution >= 0.6 is 0 Å². The zero-order valence-electron chi connectivity index (χ0n) is 13.6. The molecule has 1 rings (SSSR count). The summed E-state index contributed by atoms with van der Waals surface area (Å²) in [6.45, 7) is 5.75. The number of ether oxygens (including phenoxy) is 2. The molecule has 0 aliphatic heterocycles. The molecule has 21 heavy (non-hydrogen) atoms. The predicted molar refractivity (Wildman–Crippen MR) is 84.3 cm³/mol. The van der Waals surface area contributed by atoms with Gasteiger partial charge in [-0.15, -0.1) is 0 Å². The number of hydrogen-bond acceptors (Lipinski definition) is 4. The van der Waals surface area contributed by atoms with E-state index in [9.17, 15) is 4.79 Å². The molecule has 1 atom stereocenters. The van der Waals surface area contributed by atoms with Crippen molar-refractivity contribution in [3.63, 3.8) is 0 Å². The number of carbonyl (C=O) groups excluding carboxylic acids is 1. The van der Waals surface area contributed by atoms with Crippen molar-refractivity contribution in [2.24, 2.45) is 0 Å². The Hall–Kier alpha value is -1.75. The summed E-state index contributed by atoms with van der Waals surface area (Å²) in [5.74, 6) is 1.05. The number of nitrogens with zero attached hydrogens (tertiary/aromatic N) is 1. The maximum absolute atomic E-state index is 12.2. The van der Waals surface area contributed by atoms with Gasteiger partial charge in [0, 0.05) is 25.2 Å². The molecule has 0 heterocycles. The van der Waals surface area contributed by atoms with Crippen LogP contribution in [-0.4, -0.2) is 51.2 Å². The lowest BCUT2D eigenvalue weighted by atomic mass is 10.1. The quantitative estimate of drug-likeness (QED) is 0.798. The van der Waals surface area contributed by atoms with Gasteiger partial charge in [0.1, 0.15) is 11.5 Å². The molecule has 0 saturated carbocycles. The fraction of sp³-hybridized carbons (Fsp3) is 0.562. The second kappa shape index (κ2) is 8.52. The fourth-order valence-corrected chi connectivity index (χ4v) is 1.96. The van der Waals surface area contributed by atoms with Crippen molar-refractivity contribution in [2.75, 3.05) is 34.4 Å². The van der Waals surface area contributed by atoms with Gasteiger partial charge >= 0.3 is 0 Å². The number of rotatable bonds is 8. The molecule has 5 nitrogen and oxygen atoms in total. The minimum atomic E-state index is -0.132. The predicted octanol–water partition coefficient (Wildman–Crippen LogP) is 2.16. The highest BCUT2D eigenvalue weighted by Gasteiger charge is 2.13. The summed E-state index contributed by atoms with van der Waals surface area (Å²) in [7, 11) is 5.19. The number of hydrogen-bond donors (Lipinski definition) is 1. The summed E-state index contributed by atoms with van der Waals surface area (Å²) in [5.41, 5.74) is 0.518. The minimum Gasteiger partial charge on any atom is -0.497 e. The molecule has 0 radical (unpaired) electrons. The van der Waals surface area contributed by atoms with Crippen LogP contribution in [-0.2, 0) is 0 Å². The normalized spacial score (nSPS) is 12.1. The first-order valence-electron chi connectivity index (χ1n) is 7.23. The van der Waals surface area contributed by atoms with Crippen molar-refractivity contribution in [2.45, 2.75) is 26.3 Å². The van der Waals surface area contributed by atoms with E-state index in [0.717, 1.165) is 13.0 Å². The Balaban J connectivity index is 2.60. The lowest BCUT2D eigenvalue weighted by Gasteiger charge is -2.23. The molecule has 0 unspecified atom stereocenters. The molecule has 1 aromatic carbocycles. The molecule has 5 heteroatoms. The van der Waals surface area contributed by atoms with Gasteiger partial charge in [0.05, 0.1) is 19.8 Å². The molecule has 1 amide bonds. The van der Waals surface area contributed by atoms with Crippen LogP contribution in [0.15, 0.2) is 18.2 Å². The molecule has 0 aliphatic rings. The lowest BCUT2D eigenvalue weighted by molar-refractivity contribution is 0.0944. The Kier molecular flexibility index (Phi) is 7.02. The first-order valence-corrected chi connectivity index (χ1v) is 7.23. The third-order valence-electron chi connectivity index (χ3n) is 3.75. The van der Waals surface area contributed by atoms with Crippen LogP contribution in [0.3, 0.4) is 0 Å². The van der Waals surface area contributed by atoms with Gasteiger partial charge in [-0.1, -0.05) is 6.92 Å². The Labute approximate surface area is 127 Å². The third-order valence-corrected chi connectivity index (χ3v) is 3.75. The smallest absolute Gasteiger partial charge is 0.255 e. The molecule has 1 N–H and O–H groups in total. The Morgan fingerprint density at radius 2 is 2.05 bits per heavy atom. The molecule has 0 aromatic heterocycles. The Morgan fingerprint density at radius 3 is 2.62 bits per heavy atom. The number of likely N-dealkylation sites (N-methyl/N-ethyl adjacent to an activating group) is 1. The molecule has 0 aliphatic carbocycles. The van der Waals surface area contributed by atoms with Gasteiger partial charge in [0.2, 0.25) is 0 Å². The van der Waals surface area contributed by atoms with Gasteiger partial charge in [-0.25, -0.2) is 0 Å². The average molecular weight is 294 g/mol. The molecule has 0 fully saturated rings. The van der Waals surface area contributed by atoms with Crippen molar-refractivity contribution >= 4 is 5.91 Å². The second-order valence-electron chi connectivity index (χ2n) is 5.06. The van der Waals surface area contributed by atoms with Crippen LogP contribution in [0.1, 0.15) is 30.6 Å². The van der Waals surface area contributed by atoms with Crippen LogP contribution in [0.5, 0.6) is 11.5 Å². The van der Waals surface area contributed by atoms with E-state index >= 15 is 0 Å². The molecule has 1 aromatic rings. The molecule has 0 spiro atoms. The highest BCUT2D eigenvalue weighted by molar-refractivity contribution is 5.97. The first kappa shape index (κ1) is 17.3. The Morgan fingerprint density at radius 1 is 1.33 bits per heavy atom. The van der Waals surface area contributed by atoms with E-state index in [1.807, 2.05) is 0 Å². The second-order valence-corrected chi connectivity index (χ2v) is 5.06. The van der Waals surface area contributed by atoms with Crippen molar-refractivity contribution < 1.29 is 14.3 Å². The maximum Gasteiger partial charge on any atom is 0.255 e. The highest BCUT2D eigenvalue weighted by atomic mass is 16.5. The first-order chi connectivity index (χ1) is 10.0. The van der Waals surface area contributed by atoms with E-state index in [-0.39, 0.29) is 5.91 Å². The van der Waals surface area contributed by atoms with Crippen molar-refractivity contribution in [3.8, 4) is 11.5 Å². The number of amides is 1. The number of nitrogens with one attached hydrogen (secondary N) is 1. The fourth-order valence-electron chi connectivity index (χ4n) is 1.96. The third kappa shape index (κ3) is 4.93. The van der Waals surface area contributed by atoms with Crippen molar-refractivity contribution in [1.82, 2.24) is 10.2 Å². The van der Waals surface area contributed by atoms with E-state index in [0.29, 0.717) is 29.6 Å². The summed E-state index contributed by atoms with van der Waals surface area (Å²) in [5, 5.41) is 2.92. The van der Waals surface area contributed by atoms with E-state index in [2.05, 4.69) is 31.1 Å². The summed E-state index contributed by atoms with van der Waals surface area (Å²) in [6.07, 6.45) is 1.09. The molecule has 118 valence electrons. The van der Waals surface area contributed by atoms with Gasteiger partial charge in [-0.2, -0.15) is 0 Å². The number of carbonyl (C=O) groups is 1. The Bertz CT molecular complexity index is 463. The van der Waals surface area contributed by atoms with Gasteiger partial charge in [0.15, 0.2) is 0 Å². The SMILES string of the molecule is CC[C@H](C)N(C)CCNC(=O)c1ccc(OC)cc1OC. The highest BCUT2D eigenvalue weighted by Crippen LogP contribution is 2.24. The molecular formula is C16H26N2O3. The van der Waals surface area contributed by atoms with Crippen LogP contribution in [0.2, 0.25) is 0 Å². The molecule has 0 saturated heterocycles. The number of methoxy groups -OCH3 is 2. The van der Waals surface area contributed by atoms with Crippen LogP contribution in [0.25, 0.3) is 0 Å². The zero-order chi connectivity index (χ0) is 15.8. The average Bonchev–Trinajstić information content (AvgIpc) is 2.52. The van der Waals surface area contributed by atoms with Crippen LogP contribution in [0.4, 0.5) is 0 Å². The largest absolute Gasteiger partial charge is 0.497 e. The summed E-state index contributed by atoms with van der Waals surface area (Å²) < 4.78 is 10.4. The van der Waals surface area contributed by atoms with Gasteiger partial charge in [-0.3, -0.25) is 4.79 Å². The topological polar surface area (TPSA) is 50.8 Å². The summed E-state index contributed by atoms with van der Waals surface area (Å²) in [4.78, 5) is 14.4. The summed E-state index contributed by atoms with van der Waals surface area (Å²) in [6, 6.07) is 5.69. The zero-order valence-corrected chi connectivity index (χ0v) is 13.6. The number of benzene rings is 1. The van der Waals surface area contributed by atoms with Crippen LogP contribution in [0, 0.1) is 0 Å². The van der Waals surface area contributed by atoms with E-state index < -0.39 is 0 Å². The standard InChI is InChI=1S/C16H26N2O3/c1-6-12(2)18(3)10-9-17-16(19)14-8-7-13(20-4)11-15(14)21-5/h7-8,11-12H,6,9-10H2,1-5H3,(H,17,19)/t12-/m0/s1. The van der Waals surface area contributed by atoms with Gasteiger partial charge in [-0.05, 0) is 32.5 Å². The van der Waals surface area contributed by atoms with E-state index in [4.69, 9.17) is 9.47 Å². The summed E-state index contributed by atoms with van der Waals surface area (Å²) >= 11 is 0. The van der Waals surface area contributed by atoms with Crippen molar-refractivity contribution in [1.29, 1.82) is 0 Å². The maximum atomic E-state index is 12.2.